The molecule has 0 bridgehead atoms. The Labute approximate surface area is 129 Å². The van der Waals surface area contributed by atoms with Crippen LogP contribution in [0, 0.1) is 0 Å². The number of amides is 2. The number of hydrogen-bond donors (Lipinski definition) is 3. The van der Waals surface area contributed by atoms with Gasteiger partial charge >= 0.3 is 6.03 Å². The van der Waals surface area contributed by atoms with Crippen molar-refractivity contribution in [2.24, 2.45) is 0 Å². The van der Waals surface area contributed by atoms with E-state index in [2.05, 4.69) is 22.7 Å². The van der Waals surface area contributed by atoms with E-state index >= 15 is 0 Å². The van der Waals surface area contributed by atoms with Crippen LogP contribution in [-0.4, -0.2) is 27.0 Å². The molecule has 0 spiro atoms. The Morgan fingerprint density at radius 3 is 3.05 bits per heavy atom. The lowest BCUT2D eigenvalue weighted by atomic mass is 10.1. The zero-order valence-corrected chi connectivity index (χ0v) is 12.8. The summed E-state index contributed by atoms with van der Waals surface area (Å²) >= 11 is 0. The van der Waals surface area contributed by atoms with E-state index < -0.39 is 6.10 Å². The molecule has 0 fully saturated rings. The van der Waals surface area contributed by atoms with Crippen LogP contribution in [0.15, 0.2) is 35.2 Å². The Morgan fingerprint density at radius 2 is 2.36 bits per heavy atom. The van der Waals surface area contributed by atoms with Gasteiger partial charge in [-0.3, -0.25) is 4.68 Å². The van der Waals surface area contributed by atoms with Gasteiger partial charge in [0.2, 0.25) is 0 Å². The van der Waals surface area contributed by atoms with Gasteiger partial charge < -0.3 is 20.2 Å². The summed E-state index contributed by atoms with van der Waals surface area (Å²) in [6.07, 6.45) is 5.52. The fourth-order valence-electron chi connectivity index (χ4n) is 2.16. The molecule has 2 unspecified atom stereocenters. The molecule has 0 aliphatic carbocycles. The first-order valence-corrected chi connectivity index (χ1v) is 7.40. The van der Waals surface area contributed by atoms with Crippen molar-refractivity contribution in [2.75, 3.05) is 5.32 Å². The molecule has 22 heavy (non-hydrogen) atoms. The summed E-state index contributed by atoms with van der Waals surface area (Å²) in [5.74, 6) is 0.495. The summed E-state index contributed by atoms with van der Waals surface area (Å²) in [4.78, 5) is 11.9. The van der Waals surface area contributed by atoms with Gasteiger partial charge in [0.15, 0.2) is 0 Å². The lowest BCUT2D eigenvalue weighted by Gasteiger charge is -2.16. The molecule has 7 heteroatoms. The number of anilines is 1. The quantitative estimate of drug-likeness (QED) is 0.733. The highest BCUT2D eigenvalue weighted by Crippen LogP contribution is 2.18. The van der Waals surface area contributed by atoms with Gasteiger partial charge in [0.1, 0.15) is 11.9 Å². The molecule has 0 aliphatic heterocycles. The third-order valence-electron chi connectivity index (χ3n) is 3.17. The normalized spacial score (nSPS) is 13.6. The minimum atomic E-state index is -0.738. The number of rotatable bonds is 7. The van der Waals surface area contributed by atoms with Crippen LogP contribution in [0.2, 0.25) is 0 Å². The number of aliphatic hydroxyl groups excluding tert-OH is 1. The molecule has 2 aromatic rings. The van der Waals surface area contributed by atoms with Crippen LogP contribution in [0.25, 0.3) is 0 Å². The van der Waals surface area contributed by atoms with Gasteiger partial charge in [0.25, 0.3) is 0 Å². The molecular formula is C15H22N4O3. The smallest absolute Gasteiger partial charge is 0.319 e. The molecule has 0 saturated heterocycles. The van der Waals surface area contributed by atoms with Crippen LogP contribution in [0.3, 0.4) is 0 Å². The minimum absolute atomic E-state index is 0.203. The molecule has 2 rings (SSSR count). The largest absolute Gasteiger partial charge is 0.467 e. The van der Waals surface area contributed by atoms with Gasteiger partial charge in [0, 0.05) is 25.2 Å². The van der Waals surface area contributed by atoms with Crippen LogP contribution >= 0.6 is 0 Å². The predicted octanol–water partition coefficient (Wildman–Crippen LogP) is 2.52. The highest BCUT2D eigenvalue weighted by atomic mass is 16.4. The number of aromatic nitrogens is 2. The van der Waals surface area contributed by atoms with Crippen molar-refractivity contribution in [3.05, 3.63) is 36.5 Å². The summed E-state index contributed by atoms with van der Waals surface area (Å²) in [5.41, 5.74) is 0.643. The zero-order chi connectivity index (χ0) is 15.9. The van der Waals surface area contributed by atoms with E-state index in [0.29, 0.717) is 17.9 Å². The Hall–Kier alpha value is -2.28. The number of urea groups is 1. The van der Waals surface area contributed by atoms with E-state index in [1.807, 2.05) is 6.92 Å². The number of hydrogen-bond acceptors (Lipinski definition) is 4. The van der Waals surface area contributed by atoms with Crippen LogP contribution < -0.4 is 10.6 Å². The zero-order valence-electron chi connectivity index (χ0n) is 12.8. The van der Waals surface area contributed by atoms with Gasteiger partial charge in [-0.05, 0) is 25.5 Å². The van der Waals surface area contributed by atoms with Gasteiger partial charge in [-0.2, -0.15) is 5.10 Å². The van der Waals surface area contributed by atoms with Gasteiger partial charge in [-0.15, -0.1) is 0 Å². The third kappa shape index (κ3) is 4.63. The van der Waals surface area contributed by atoms with Gasteiger partial charge in [-0.1, -0.05) is 6.92 Å². The highest BCUT2D eigenvalue weighted by Gasteiger charge is 2.16. The molecule has 0 aromatic carbocycles. The minimum Gasteiger partial charge on any atom is -0.467 e. The third-order valence-corrected chi connectivity index (χ3v) is 3.17. The fourth-order valence-corrected chi connectivity index (χ4v) is 2.16. The number of aliphatic hydroxyl groups is 1. The molecule has 2 amide bonds. The predicted molar refractivity (Wildman–Crippen MR) is 82.4 cm³/mol. The van der Waals surface area contributed by atoms with Crippen LogP contribution in [0.4, 0.5) is 10.5 Å². The molecular weight excluding hydrogens is 284 g/mol. The number of nitrogens with zero attached hydrogens (tertiary/aromatic N) is 2. The van der Waals surface area contributed by atoms with Crippen molar-refractivity contribution in [1.82, 2.24) is 15.1 Å². The van der Waals surface area contributed by atoms with E-state index in [0.717, 1.165) is 13.0 Å². The molecule has 0 radical (unpaired) electrons. The van der Waals surface area contributed by atoms with E-state index in [1.54, 1.807) is 29.2 Å². The average Bonchev–Trinajstić information content (AvgIpc) is 3.10. The van der Waals surface area contributed by atoms with Crippen molar-refractivity contribution in [2.45, 2.75) is 45.4 Å². The topological polar surface area (TPSA) is 92.3 Å². The molecule has 2 aromatic heterocycles. The number of carbonyl (C=O) groups excluding carboxylic acids is 1. The van der Waals surface area contributed by atoms with E-state index in [9.17, 15) is 9.90 Å². The summed E-state index contributed by atoms with van der Waals surface area (Å²) < 4.78 is 6.91. The van der Waals surface area contributed by atoms with Crippen molar-refractivity contribution >= 4 is 11.7 Å². The van der Waals surface area contributed by atoms with Gasteiger partial charge in [-0.25, -0.2) is 4.79 Å². The summed E-state index contributed by atoms with van der Waals surface area (Å²) in [6.45, 7) is 4.70. The molecule has 0 saturated carbocycles. The van der Waals surface area contributed by atoms with Crippen molar-refractivity contribution in [3.63, 3.8) is 0 Å². The molecule has 120 valence electrons. The lowest BCUT2D eigenvalue weighted by molar-refractivity contribution is 0.130. The van der Waals surface area contributed by atoms with Gasteiger partial charge in [0.05, 0.1) is 18.1 Å². The monoisotopic (exact) mass is 306 g/mol. The second-order valence-corrected chi connectivity index (χ2v) is 5.26. The number of aryl methyl sites for hydroxylation is 1. The van der Waals surface area contributed by atoms with Crippen LogP contribution in [0.5, 0.6) is 0 Å². The molecule has 2 atom stereocenters. The first kappa shape index (κ1) is 16.1. The standard InChI is InChI=1S/C15H22N4O3/c1-3-6-19-10-12(9-16-19)18-15(21)17-11(2)8-13(20)14-5-4-7-22-14/h4-5,7,9-11,13,20H,3,6,8H2,1-2H3,(H2,17,18,21). The average molecular weight is 306 g/mol. The first-order chi connectivity index (χ1) is 10.6. The summed E-state index contributed by atoms with van der Waals surface area (Å²) in [6, 6.07) is 2.90. The number of nitrogens with one attached hydrogen (secondary N) is 2. The second-order valence-electron chi connectivity index (χ2n) is 5.26. The highest BCUT2D eigenvalue weighted by molar-refractivity contribution is 5.89. The summed E-state index contributed by atoms with van der Waals surface area (Å²) in [5, 5.41) is 19.6. The van der Waals surface area contributed by atoms with Crippen LogP contribution in [-0.2, 0) is 6.54 Å². The fraction of sp³-hybridized carbons (Fsp3) is 0.467. The van der Waals surface area contributed by atoms with E-state index in [-0.39, 0.29) is 12.1 Å². The van der Waals surface area contributed by atoms with E-state index in [1.165, 1.54) is 6.26 Å². The summed E-state index contributed by atoms with van der Waals surface area (Å²) in [7, 11) is 0. The second kappa shape index (κ2) is 7.65. The van der Waals surface area contributed by atoms with Crippen molar-refractivity contribution in [1.29, 1.82) is 0 Å². The Kier molecular flexibility index (Phi) is 5.60. The number of furan rings is 1. The maximum absolute atomic E-state index is 11.9. The molecule has 2 heterocycles. The SMILES string of the molecule is CCCn1cc(NC(=O)NC(C)CC(O)c2ccco2)cn1. The molecule has 7 nitrogen and oxygen atoms in total. The van der Waals surface area contributed by atoms with Crippen molar-refractivity contribution in [3.8, 4) is 0 Å². The maximum Gasteiger partial charge on any atom is 0.319 e. The lowest BCUT2D eigenvalue weighted by Crippen LogP contribution is -2.36. The molecule has 3 N–H and O–H groups in total. The Bertz CT molecular complexity index is 579. The van der Waals surface area contributed by atoms with E-state index in [4.69, 9.17) is 4.42 Å². The Morgan fingerprint density at radius 1 is 1.55 bits per heavy atom. The first-order valence-electron chi connectivity index (χ1n) is 7.40. The molecule has 0 aliphatic rings. The Balaban J connectivity index is 1.78. The number of carbonyl (C=O) groups is 1. The maximum atomic E-state index is 11.9. The van der Waals surface area contributed by atoms with Crippen molar-refractivity contribution < 1.29 is 14.3 Å². The van der Waals surface area contributed by atoms with Crippen LogP contribution in [0.1, 0.15) is 38.6 Å².